The quantitative estimate of drug-likeness (QED) is 0.145. The van der Waals surface area contributed by atoms with Gasteiger partial charge in [0.25, 0.3) is 0 Å². The Bertz CT molecular complexity index is 995. The van der Waals surface area contributed by atoms with Gasteiger partial charge in [0.15, 0.2) is 11.5 Å². The summed E-state index contributed by atoms with van der Waals surface area (Å²) in [6, 6.07) is 3.34. The number of hydrogen-bond donors (Lipinski definition) is 1. The van der Waals surface area contributed by atoms with Gasteiger partial charge in [-0.1, -0.05) is 53.5 Å². The van der Waals surface area contributed by atoms with Crippen LogP contribution in [0.2, 0.25) is 0 Å². The summed E-state index contributed by atoms with van der Waals surface area (Å²) >= 11 is 0. The molecule has 11 heteroatoms. The van der Waals surface area contributed by atoms with Gasteiger partial charge in [0.2, 0.25) is 0 Å². The summed E-state index contributed by atoms with van der Waals surface area (Å²) in [6.07, 6.45) is -0.402. The van der Waals surface area contributed by atoms with Crippen LogP contribution in [0, 0.1) is 11.8 Å². The van der Waals surface area contributed by atoms with E-state index >= 15 is 0 Å². The van der Waals surface area contributed by atoms with Crippen LogP contribution in [0.3, 0.4) is 0 Å². The molecule has 5 atom stereocenters. The molecule has 0 amide bonds. The molecule has 0 aliphatic carbocycles. The van der Waals surface area contributed by atoms with E-state index in [1.165, 1.54) is 12.1 Å². The molecule has 0 heterocycles. The van der Waals surface area contributed by atoms with Gasteiger partial charge >= 0.3 is 24.2 Å². The van der Waals surface area contributed by atoms with Crippen LogP contribution in [0.5, 0.6) is 11.5 Å². The molecule has 41 heavy (non-hydrogen) atoms. The van der Waals surface area contributed by atoms with Gasteiger partial charge in [-0.05, 0) is 63.6 Å². The fourth-order valence-electron chi connectivity index (χ4n) is 3.59. The van der Waals surface area contributed by atoms with E-state index in [1.807, 2.05) is 27.7 Å². The highest BCUT2D eigenvalue weighted by molar-refractivity contribution is 5.76. The number of benzene rings is 1. The van der Waals surface area contributed by atoms with E-state index < -0.39 is 30.4 Å². The van der Waals surface area contributed by atoms with Crippen molar-refractivity contribution in [2.75, 3.05) is 6.61 Å². The summed E-state index contributed by atoms with van der Waals surface area (Å²) in [7, 11) is 0. The zero-order valence-electron chi connectivity index (χ0n) is 25.6. The summed E-state index contributed by atoms with van der Waals surface area (Å²) < 4.78 is 31.7. The maximum Gasteiger partial charge on any atom is 0.514 e. The molecule has 0 aliphatic rings. The minimum Gasteiger partial charge on any atom is -0.462 e. The van der Waals surface area contributed by atoms with Crippen LogP contribution in [-0.4, -0.2) is 55.2 Å². The van der Waals surface area contributed by atoms with Crippen LogP contribution < -0.4 is 15.2 Å². The Morgan fingerprint density at radius 2 is 1.27 bits per heavy atom. The number of rotatable bonds is 16. The molecule has 3 unspecified atom stereocenters. The standard InChI is InChI=1S/C30H47NO10/c1-9-11-19(5)38-29(34)40-25-14-13-23(16-26(25)41-30(35)39-20(6)12-10-2)15-24(31)28(33)37-21(7)17-36-27(32)22(8)18(3)4/h13-14,16,18-22,24H,9-12,15,17,31H2,1-8H3/t19?,20?,21-,22?,24-/m0/s1. The summed E-state index contributed by atoms with van der Waals surface area (Å²) in [5.74, 6) is -1.39. The predicted octanol–water partition coefficient (Wildman–Crippen LogP) is 5.73. The fraction of sp³-hybridized carbons (Fsp3) is 0.667. The molecule has 11 nitrogen and oxygen atoms in total. The Labute approximate surface area is 243 Å². The van der Waals surface area contributed by atoms with Crippen molar-refractivity contribution in [2.24, 2.45) is 17.6 Å². The van der Waals surface area contributed by atoms with Crippen LogP contribution in [0.15, 0.2) is 18.2 Å². The Balaban J connectivity index is 2.93. The van der Waals surface area contributed by atoms with E-state index in [1.54, 1.807) is 33.8 Å². The Morgan fingerprint density at radius 3 is 1.78 bits per heavy atom. The van der Waals surface area contributed by atoms with E-state index in [0.29, 0.717) is 18.4 Å². The third-order valence-corrected chi connectivity index (χ3v) is 6.29. The molecule has 0 spiro atoms. The summed E-state index contributed by atoms with van der Waals surface area (Å²) in [4.78, 5) is 49.3. The lowest BCUT2D eigenvalue weighted by molar-refractivity contribution is -0.161. The zero-order chi connectivity index (χ0) is 31.1. The van der Waals surface area contributed by atoms with Crippen LogP contribution in [0.25, 0.3) is 0 Å². The van der Waals surface area contributed by atoms with E-state index in [-0.39, 0.29) is 54.5 Å². The monoisotopic (exact) mass is 581 g/mol. The van der Waals surface area contributed by atoms with E-state index in [9.17, 15) is 19.2 Å². The summed E-state index contributed by atoms with van der Waals surface area (Å²) in [6.45, 7) is 14.5. The highest BCUT2D eigenvalue weighted by atomic mass is 16.7. The second-order valence-electron chi connectivity index (χ2n) is 10.6. The minimum atomic E-state index is -1.07. The van der Waals surface area contributed by atoms with Crippen LogP contribution >= 0.6 is 0 Å². The first-order valence-electron chi connectivity index (χ1n) is 14.3. The average Bonchev–Trinajstić information content (AvgIpc) is 2.88. The normalized spacial score (nSPS) is 14.7. The molecule has 0 aromatic heterocycles. The van der Waals surface area contributed by atoms with Crippen molar-refractivity contribution >= 4 is 24.2 Å². The van der Waals surface area contributed by atoms with Crippen molar-refractivity contribution < 1.29 is 47.6 Å². The number of nitrogens with two attached hydrogens (primary N) is 1. The van der Waals surface area contributed by atoms with Gasteiger partial charge in [0, 0.05) is 0 Å². The Morgan fingerprint density at radius 1 is 0.732 bits per heavy atom. The van der Waals surface area contributed by atoms with E-state index in [0.717, 1.165) is 12.8 Å². The molecule has 0 fully saturated rings. The number of carbonyl (C=O) groups excluding carboxylic acids is 4. The maximum absolute atomic E-state index is 12.6. The Hall–Kier alpha value is -3.34. The second kappa shape index (κ2) is 18.2. The maximum atomic E-state index is 12.6. The molecule has 232 valence electrons. The first-order valence-corrected chi connectivity index (χ1v) is 14.3. The van der Waals surface area contributed by atoms with Crippen molar-refractivity contribution in [2.45, 2.75) is 112 Å². The van der Waals surface area contributed by atoms with Gasteiger partial charge in [-0.25, -0.2) is 9.59 Å². The molecule has 0 saturated carbocycles. The molecule has 0 bridgehead atoms. The molecular weight excluding hydrogens is 534 g/mol. The first-order chi connectivity index (χ1) is 19.3. The van der Waals surface area contributed by atoms with E-state index in [4.69, 9.17) is 34.2 Å². The third kappa shape index (κ3) is 13.7. The van der Waals surface area contributed by atoms with Crippen molar-refractivity contribution in [1.29, 1.82) is 0 Å². The van der Waals surface area contributed by atoms with Crippen molar-refractivity contribution in [1.82, 2.24) is 0 Å². The van der Waals surface area contributed by atoms with Gasteiger partial charge in [-0.15, -0.1) is 0 Å². The van der Waals surface area contributed by atoms with Crippen molar-refractivity contribution in [3.8, 4) is 11.5 Å². The number of ether oxygens (including phenoxy) is 6. The lowest BCUT2D eigenvalue weighted by Crippen LogP contribution is -2.37. The molecule has 1 aromatic carbocycles. The SMILES string of the molecule is CCCC(C)OC(=O)Oc1ccc(C[C@H](N)C(=O)O[C@@H](C)COC(=O)C(C)C(C)C)cc1OC(=O)OC(C)CCC. The molecule has 0 aliphatic heterocycles. The molecule has 0 saturated heterocycles. The zero-order valence-corrected chi connectivity index (χ0v) is 25.6. The van der Waals surface area contributed by atoms with Crippen molar-refractivity contribution in [3.63, 3.8) is 0 Å². The topological polar surface area (TPSA) is 150 Å². The molecule has 1 rings (SSSR count). The highest BCUT2D eigenvalue weighted by Crippen LogP contribution is 2.30. The van der Waals surface area contributed by atoms with Gasteiger partial charge in [-0.2, -0.15) is 0 Å². The predicted molar refractivity (Wildman–Crippen MR) is 152 cm³/mol. The lowest BCUT2D eigenvalue weighted by Gasteiger charge is -2.19. The lowest BCUT2D eigenvalue weighted by atomic mass is 9.99. The van der Waals surface area contributed by atoms with Crippen molar-refractivity contribution in [3.05, 3.63) is 23.8 Å². The first kappa shape index (κ1) is 35.7. The highest BCUT2D eigenvalue weighted by Gasteiger charge is 2.24. The largest absolute Gasteiger partial charge is 0.514 e. The molecular formula is C30H47NO10. The number of esters is 2. The summed E-state index contributed by atoms with van der Waals surface area (Å²) in [5.41, 5.74) is 6.58. The molecule has 2 N–H and O–H groups in total. The Kier molecular flexibility index (Phi) is 15.8. The van der Waals surface area contributed by atoms with Crippen LogP contribution in [0.4, 0.5) is 9.59 Å². The average molecular weight is 582 g/mol. The smallest absolute Gasteiger partial charge is 0.462 e. The van der Waals surface area contributed by atoms with Crippen LogP contribution in [-0.2, 0) is 35.0 Å². The number of carbonyl (C=O) groups is 4. The molecule has 0 radical (unpaired) electrons. The number of hydrogen-bond acceptors (Lipinski definition) is 11. The summed E-state index contributed by atoms with van der Waals surface area (Å²) in [5, 5.41) is 0. The molecule has 1 aromatic rings. The minimum absolute atomic E-state index is 0.0195. The van der Waals surface area contributed by atoms with Gasteiger partial charge in [-0.3, -0.25) is 9.59 Å². The van der Waals surface area contributed by atoms with Crippen LogP contribution in [0.1, 0.15) is 86.6 Å². The van der Waals surface area contributed by atoms with Gasteiger partial charge in [0.1, 0.15) is 31.0 Å². The van der Waals surface area contributed by atoms with Gasteiger partial charge in [0.05, 0.1) is 5.92 Å². The van der Waals surface area contributed by atoms with Gasteiger partial charge < -0.3 is 34.2 Å². The van der Waals surface area contributed by atoms with E-state index in [2.05, 4.69) is 0 Å². The second-order valence-corrected chi connectivity index (χ2v) is 10.6. The fourth-order valence-corrected chi connectivity index (χ4v) is 3.59. The third-order valence-electron chi connectivity index (χ3n) is 6.29.